The molecule has 0 saturated carbocycles. The molecule has 2 rings (SSSR count). The number of aromatic nitrogens is 2. The van der Waals surface area contributed by atoms with Crippen molar-refractivity contribution in [1.29, 1.82) is 0 Å². The van der Waals surface area contributed by atoms with E-state index in [1.54, 1.807) is 32.3 Å². The largest absolute Gasteiger partial charge is 0.483 e. The van der Waals surface area contributed by atoms with Gasteiger partial charge in [-0.25, -0.2) is 32.5 Å². The van der Waals surface area contributed by atoms with E-state index < -0.39 is 36.7 Å². The van der Waals surface area contributed by atoms with Crippen molar-refractivity contribution in [2.45, 2.75) is 67.3 Å². The summed E-state index contributed by atoms with van der Waals surface area (Å²) >= 11 is 0. The number of para-hydroxylation sites is 1. The Morgan fingerprint density at radius 1 is 0.816 bits per heavy atom. The molecular weight excluding hydrogens is 642 g/mol. The summed E-state index contributed by atoms with van der Waals surface area (Å²) in [5, 5.41) is 0. The van der Waals surface area contributed by atoms with Crippen molar-refractivity contribution in [3.05, 3.63) is 65.2 Å². The van der Waals surface area contributed by atoms with Crippen molar-refractivity contribution in [3.63, 3.8) is 0 Å². The van der Waals surface area contributed by atoms with Crippen LogP contribution in [0.5, 0.6) is 0 Å². The summed E-state index contributed by atoms with van der Waals surface area (Å²) in [5.74, 6) is -1.52. The molecule has 0 bridgehead atoms. The molecule has 1 aromatic carbocycles. The van der Waals surface area contributed by atoms with Gasteiger partial charge in [0.1, 0.15) is 12.1 Å². The number of rotatable bonds is 16. The number of carbonyl (C=O) groups excluding carboxylic acids is 3. The molecule has 0 radical (unpaired) electrons. The van der Waals surface area contributed by atoms with E-state index in [0.29, 0.717) is 33.0 Å². The minimum absolute atomic E-state index is 0.149. The Hall–Kier alpha value is -5.07. The molecule has 0 spiro atoms. The fraction of sp³-hybridized carbons (Fsp3) is 0.531. The van der Waals surface area contributed by atoms with E-state index in [1.165, 1.54) is 6.33 Å². The van der Waals surface area contributed by atoms with Crippen LogP contribution in [0, 0.1) is 13.1 Å². The Labute approximate surface area is 288 Å². The van der Waals surface area contributed by atoms with Crippen LogP contribution in [0.2, 0.25) is 0 Å². The maximum atomic E-state index is 11.5. The van der Waals surface area contributed by atoms with Crippen molar-refractivity contribution in [1.82, 2.24) is 9.55 Å². The molecule has 0 aliphatic carbocycles. The number of hydrogen-bond acceptors (Lipinski definition) is 14. The van der Waals surface area contributed by atoms with E-state index >= 15 is 0 Å². The van der Waals surface area contributed by atoms with E-state index in [9.17, 15) is 14.4 Å². The van der Waals surface area contributed by atoms with Crippen molar-refractivity contribution in [3.8, 4) is 5.69 Å². The van der Waals surface area contributed by atoms with Crippen LogP contribution in [0.1, 0.15) is 59.0 Å². The highest BCUT2D eigenvalue weighted by Crippen LogP contribution is 2.17. The average molecular weight is 692 g/mol. The van der Waals surface area contributed by atoms with Crippen LogP contribution < -0.4 is 11.5 Å². The Balaban J connectivity index is 0. The lowest BCUT2D eigenvalue weighted by Crippen LogP contribution is -2.28. The lowest BCUT2D eigenvalue weighted by Gasteiger charge is -2.15. The Morgan fingerprint density at radius 2 is 1.35 bits per heavy atom. The Bertz CT molecular complexity index is 1280. The molecule has 1 heterocycles. The molecule has 4 N–H and O–H groups in total. The highest BCUT2D eigenvalue weighted by atomic mass is 16.8. The summed E-state index contributed by atoms with van der Waals surface area (Å²) in [6.07, 6.45) is 0.327. The molecule has 49 heavy (non-hydrogen) atoms. The lowest BCUT2D eigenvalue weighted by atomic mass is 10.3. The summed E-state index contributed by atoms with van der Waals surface area (Å²) in [6.45, 7) is 28.2. The van der Waals surface area contributed by atoms with Crippen LogP contribution in [0.15, 0.2) is 41.7 Å². The molecule has 0 saturated heterocycles. The quantitative estimate of drug-likeness (QED) is 0.0645. The molecule has 17 nitrogen and oxygen atoms in total. The molecule has 2 aromatic rings. The zero-order chi connectivity index (χ0) is 37.5. The predicted molar refractivity (Wildman–Crippen MR) is 181 cm³/mol. The van der Waals surface area contributed by atoms with Crippen molar-refractivity contribution in [2.75, 3.05) is 52.0 Å². The molecule has 2 atom stereocenters. The second-order valence-electron chi connectivity index (χ2n) is 8.35. The second-order valence-corrected chi connectivity index (χ2v) is 8.35. The molecule has 0 aliphatic heterocycles. The molecule has 2 unspecified atom stereocenters. The number of nitrogen functional groups attached to an aromatic ring is 1. The maximum Gasteiger partial charge on any atom is 0.415 e. The number of carbonyl (C=O) groups is 3. The number of nitrogens with two attached hydrogens (primary N) is 2. The van der Waals surface area contributed by atoms with E-state index in [2.05, 4.69) is 29.1 Å². The lowest BCUT2D eigenvalue weighted by molar-refractivity contribution is -0.282. The van der Waals surface area contributed by atoms with Crippen LogP contribution >= 0.6 is 0 Å². The number of anilines is 1. The van der Waals surface area contributed by atoms with E-state index in [-0.39, 0.29) is 24.7 Å². The van der Waals surface area contributed by atoms with Crippen molar-refractivity contribution < 1.29 is 47.5 Å². The van der Waals surface area contributed by atoms with Gasteiger partial charge in [0.25, 0.3) is 6.48 Å². The fourth-order valence-corrected chi connectivity index (χ4v) is 2.88. The van der Waals surface area contributed by atoms with E-state index in [0.717, 1.165) is 12.1 Å². The average Bonchev–Trinajstić information content (AvgIpc) is 3.49. The number of aliphatic imine (C=N–C) groups is 1. The van der Waals surface area contributed by atoms with Gasteiger partial charge in [-0.3, -0.25) is 20.0 Å². The van der Waals surface area contributed by atoms with Crippen LogP contribution in [-0.4, -0.2) is 98.9 Å². The van der Waals surface area contributed by atoms with Gasteiger partial charge in [-0.05, 0) is 60.6 Å². The zero-order valence-electron chi connectivity index (χ0n) is 29.2. The summed E-state index contributed by atoms with van der Waals surface area (Å²) in [4.78, 5) is 46.2. The topological polar surface area (TPSA) is 207 Å². The molecule has 1 aromatic heterocycles. The first-order chi connectivity index (χ1) is 23.6. The number of nitrogens with zero attached hydrogens (tertiary/aromatic N) is 5. The second kappa shape index (κ2) is 30.3. The number of benzene rings is 1. The van der Waals surface area contributed by atoms with Crippen LogP contribution in [0.25, 0.3) is 15.4 Å². The minimum atomic E-state index is -1.15. The van der Waals surface area contributed by atoms with Gasteiger partial charge in [-0.2, -0.15) is 4.99 Å². The zero-order valence-corrected chi connectivity index (χ0v) is 29.2. The SMILES string of the molecule is CCOC(=O)c1ncn(-c2ccccc2)c1N.CCOC(OCC)OCC.[C-]#[N+]C(N)C(=O)OCC.[C-]#[N+]C(N=COCC)C(=O)OCC. The first-order valence-electron chi connectivity index (χ1n) is 15.4. The highest BCUT2D eigenvalue weighted by molar-refractivity contribution is 5.92. The number of ether oxygens (including phenoxy) is 7. The predicted octanol–water partition coefficient (Wildman–Crippen LogP) is 3.62. The van der Waals surface area contributed by atoms with Crippen molar-refractivity contribution in [2.24, 2.45) is 10.7 Å². The highest BCUT2D eigenvalue weighted by Gasteiger charge is 2.22. The minimum Gasteiger partial charge on any atom is -0.483 e. The molecule has 0 aliphatic rings. The molecule has 0 amide bonds. The third-order valence-electron chi connectivity index (χ3n) is 4.95. The number of esters is 3. The smallest absolute Gasteiger partial charge is 0.415 e. The summed E-state index contributed by atoms with van der Waals surface area (Å²) < 4.78 is 35.5. The fourth-order valence-electron chi connectivity index (χ4n) is 2.88. The van der Waals surface area contributed by atoms with Gasteiger partial charge in [0.2, 0.25) is 0 Å². The molecule has 0 fully saturated rings. The monoisotopic (exact) mass is 691 g/mol. The summed E-state index contributed by atoms with van der Waals surface area (Å²) in [7, 11) is 0. The maximum absolute atomic E-state index is 11.5. The van der Waals surface area contributed by atoms with Crippen molar-refractivity contribution >= 4 is 30.1 Å². The standard InChI is InChI=1S/C12H13N3O2.C8H12N2O3.C7H16O3.C5H8N2O2/c1-2-17-12(16)10-11(13)15(8-14-10)9-6-4-3-5-7-9;1-4-12-6-10-7(9-3)8(11)13-5-2;1-4-8-7(9-5-2)10-6-3;1-3-9-5(8)4(6)7-2/h3-8H,2,13H2,1H3;6-7H,4-5H2,1-2H3;7H,4-6H2,1-3H3;4H,3,6H2,1H3. The molecule has 17 heteroatoms. The van der Waals surface area contributed by atoms with Crippen LogP contribution in [-0.2, 0) is 42.7 Å². The Morgan fingerprint density at radius 3 is 1.80 bits per heavy atom. The third-order valence-corrected chi connectivity index (χ3v) is 4.95. The molecular formula is C32H49N7O10. The van der Waals surface area contributed by atoms with Gasteiger partial charge in [0.15, 0.2) is 12.1 Å². The normalized spacial score (nSPS) is 11.1. The summed E-state index contributed by atoms with van der Waals surface area (Å²) in [5.41, 5.74) is 11.8. The van der Waals surface area contributed by atoms with Gasteiger partial charge in [0, 0.05) is 25.5 Å². The number of hydrogen-bond donors (Lipinski definition) is 2. The third kappa shape index (κ3) is 20.7. The Kier molecular flexibility index (Phi) is 28.5. The first kappa shape index (κ1) is 46.1. The van der Waals surface area contributed by atoms with E-state index in [1.807, 2.05) is 51.1 Å². The van der Waals surface area contributed by atoms with Crippen LogP contribution in [0.3, 0.4) is 0 Å². The van der Waals surface area contributed by atoms with E-state index in [4.69, 9.17) is 48.3 Å². The van der Waals surface area contributed by atoms with Gasteiger partial charge in [0.05, 0.1) is 26.4 Å². The van der Waals surface area contributed by atoms with Gasteiger partial charge >= 0.3 is 30.2 Å². The number of imidazole rings is 1. The molecule has 272 valence electrons. The first-order valence-corrected chi connectivity index (χ1v) is 15.4. The van der Waals surface area contributed by atoms with Gasteiger partial charge in [-0.1, -0.05) is 18.2 Å². The van der Waals surface area contributed by atoms with Gasteiger partial charge in [-0.15, -0.1) is 0 Å². The van der Waals surface area contributed by atoms with Crippen LogP contribution in [0.4, 0.5) is 5.82 Å². The van der Waals surface area contributed by atoms with Gasteiger partial charge < -0.3 is 38.9 Å². The summed E-state index contributed by atoms with van der Waals surface area (Å²) in [6, 6.07) is 9.44.